The van der Waals surface area contributed by atoms with E-state index in [4.69, 9.17) is 9.47 Å². The molecular formula is C18H21NO3. The van der Waals surface area contributed by atoms with E-state index in [9.17, 15) is 4.79 Å². The third-order valence-corrected chi connectivity index (χ3v) is 3.18. The van der Waals surface area contributed by atoms with Crippen molar-refractivity contribution in [1.82, 2.24) is 4.98 Å². The summed E-state index contributed by atoms with van der Waals surface area (Å²) in [6, 6.07) is 11.1. The molecule has 0 fully saturated rings. The average molecular weight is 299 g/mol. The van der Waals surface area contributed by atoms with Crippen molar-refractivity contribution in [2.45, 2.75) is 32.8 Å². The summed E-state index contributed by atoms with van der Waals surface area (Å²) >= 11 is 0. The summed E-state index contributed by atoms with van der Waals surface area (Å²) in [4.78, 5) is 16.1. The third kappa shape index (κ3) is 4.32. The van der Waals surface area contributed by atoms with E-state index >= 15 is 0 Å². The lowest BCUT2D eigenvalue weighted by atomic mass is 10.1. The van der Waals surface area contributed by atoms with Gasteiger partial charge in [0.2, 0.25) is 0 Å². The minimum Gasteiger partial charge on any atom is -0.493 e. The van der Waals surface area contributed by atoms with Crippen LogP contribution < -0.4 is 9.47 Å². The lowest BCUT2D eigenvalue weighted by Crippen LogP contribution is -2.07. The first-order valence-electron chi connectivity index (χ1n) is 7.38. The number of nitrogens with zero attached hydrogens (tertiary/aromatic N) is 1. The maximum absolute atomic E-state index is 12.1. The normalized spacial score (nSPS) is 10.5. The van der Waals surface area contributed by atoms with Gasteiger partial charge >= 0.3 is 0 Å². The van der Waals surface area contributed by atoms with Crippen LogP contribution in [0.15, 0.2) is 42.6 Å². The third-order valence-electron chi connectivity index (χ3n) is 3.18. The molecule has 4 heteroatoms. The number of ether oxygens (including phenoxy) is 2. The number of carbonyl (C=O) groups is 1. The number of pyridine rings is 1. The quantitative estimate of drug-likeness (QED) is 0.732. The van der Waals surface area contributed by atoms with Gasteiger partial charge in [-0.05, 0) is 50.1 Å². The Bertz CT molecular complexity index is 623. The highest BCUT2D eigenvalue weighted by molar-refractivity contribution is 5.94. The highest BCUT2D eigenvalue weighted by atomic mass is 16.5. The van der Waals surface area contributed by atoms with E-state index in [-0.39, 0.29) is 11.9 Å². The maximum atomic E-state index is 12.1. The molecule has 0 saturated carbocycles. The number of methoxy groups -OCH3 is 1. The molecule has 0 aliphatic heterocycles. The van der Waals surface area contributed by atoms with Crippen LogP contribution in [0.1, 0.15) is 36.3 Å². The minimum absolute atomic E-state index is 0.0436. The second kappa shape index (κ2) is 7.59. The number of carbonyl (C=O) groups excluding carboxylic acids is 1. The van der Waals surface area contributed by atoms with Crippen molar-refractivity contribution in [3.63, 3.8) is 0 Å². The molecule has 0 saturated heterocycles. The molecule has 0 spiro atoms. The zero-order valence-corrected chi connectivity index (χ0v) is 13.2. The Morgan fingerprint density at radius 1 is 1.18 bits per heavy atom. The fourth-order valence-electron chi connectivity index (χ4n) is 2.13. The van der Waals surface area contributed by atoms with Gasteiger partial charge in [-0.2, -0.15) is 0 Å². The number of ketones is 1. The lowest BCUT2D eigenvalue weighted by molar-refractivity contribution is 0.0978. The minimum atomic E-state index is 0.0436. The summed E-state index contributed by atoms with van der Waals surface area (Å²) in [5.41, 5.74) is 1.55. The highest BCUT2D eigenvalue weighted by Gasteiger charge is 2.10. The van der Waals surface area contributed by atoms with E-state index in [1.54, 1.807) is 25.4 Å². The fraction of sp³-hybridized carbons (Fsp3) is 0.333. The number of hydrogen-bond acceptors (Lipinski definition) is 4. The van der Waals surface area contributed by atoms with Crippen LogP contribution in [0.25, 0.3) is 0 Å². The Kier molecular flexibility index (Phi) is 5.53. The second-order valence-electron chi connectivity index (χ2n) is 5.29. The first kappa shape index (κ1) is 16.0. The van der Waals surface area contributed by atoms with E-state index in [0.717, 1.165) is 11.3 Å². The van der Waals surface area contributed by atoms with Gasteiger partial charge in [-0.15, -0.1) is 0 Å². The standard InChI is InChI=1S/C18H21NO3/c1-13(2)22-17-10-8-14(12-18(17)21-3)7-9-16(20)15-6-4-5-11-19-15/h4-6,8,10-13H,7,9H2,1-3H3. The molecule has 0 radical (unpaired) electrons. The molecule has 1 heterocycles. The van der Waals surface area contributed by atoms with Gasteiger partial charge < -0.3 is 9.47 Å². The van der Waals surface area contributed by atoms with Crippen molar-refractivity contribution in [1.29, 1.82) is 0 Å². The molecule has 0 amide bonds. The second-order valence-corrected chi connectivity index (χ2v) is 5.29. The van der Waals surface area contributed by atoms with E-state index in [2.05, 4.69) is 4.98 Å². The number of rotatable bonds is 7. The van der Waals surface area contributed by atoms with E-state index in [0.29, 0.717) is 24.3 Å². The molecule has 0 aliphatic rings. The summed E-state index contributed by atoms with van der Waals surface area (Å²) in [5, 5.41) is 0. The summed E-state index contributed by atoms with van der Waals surface area (Å²) in [5.74, 6) is 1.45. The predicted octanol–water partition coefficient (Wildman–Crippen LogP) is 3.69. The first-order chi connectivity index (χ1) is 10.6. The van der Waals surface area contributed by atoms with E-state index < -0.39 is 0 Å². The Balaban J connectivity index is 2.03. The molecule has 4 nitrogen and oxygen atoms in total. The molecular weight excluding hydrogens is 278 g/mol. The van der Waals surface area contributed by atoms with Gasteiger partial charge in [0.15, 0.2) is 17.3 Å². The van der Waals surface area contributed by atoms with Crippen molar-refractivity contribution >= 4 is 5.78 Å². The first-order valence-corrected chi connectivity index (χ1v) is 7.38. The molecule has 0 N–H and O–H groups in total. The number of Topliss-reactive ketones (excluding diaryl/α,β-unsaturated/α-hetero) is 1. The van der Waals surface area contributed by atoms with Crippen molar-refractivity contribution in [3.8, 4) is 11.5 Å². The van der Waals surface area contributed by atoms with Gasteiger partial charge in [-0.25, -0.2) is 0 Å². The van der Waals surface area contributed by atoms with Gasteiger partial charge in [0, 0.05) is 12.6 Å². The van der Waals surface area contributed by atoms with Crippen molar-refractivity contribution < 1.29 is 14.3 Å². The van der Waals surface area contributed by atoms with Gasteiger partial charge in [-0.1, -0.05) is 12.1 Å². The summed E-state index contributed by atoms with van der Waals surface area (Å²) in [6.07, 6.45) is 2.79. The van der Waals surface area contributed by atoms with Gasteiger partial charge in [0.1, 0.15) is 5.69 Å². The summed E-state index contributed by atoms with van der Waals surface area (Å²) in [6.45, 7) is 3.94. The molecule has 2 rings (SSSR count). The van der Waals surface area contributed by atoms with Gasteiger partial charge in [-0.3, -0.25) is 9.78 Å². The van der Waals surface area contributed by atoms with Crippen LogP contribution in [0.2, 0.25) is 0 Å². The van der Waals surface area contributed by atoms with Crippen LogP contribution in [0, 0.1) is 0 Å². The Labute approximate surface area is 131 Å². The van der Waals surface area contributed by atoms with Crippen molar-refractivity contribution in [2.75, 3.05) is 7.11 Å². The van der Waals surface area contributed by atoms with Crippen LogP contribution >= 0.6 is 0 Å². The number of aryl methyl sites for hydroxylation is 1. The SMILES string of the molecule is COc1cc(CCC(=O)c2ccccn2)ccc1OC(C)C. The number of aromatic nitrogens is 1. The Morgan fingerprint density at radius 3 is 2.64 bits per heavy atom. The van der Waals surface area contributed by atoms with Crippen LogP contribution in [0.3, 0.4) is 0 Å². The molecule has 116 valence electrons. The maximum Gasteiger partial charge on any atom is 0.181 e. The lowest BCUT2D eigenvalue weighted by Gasteiger charge is -2.14. The van der Waals surface area contributed by atoms with Crippen molar-refractivity contribution in [2.24, 2.45) is 0 Å². The largest absolute Gasteiger partial charge is 0.493 e. The molecule has 22 heavy (non-hydrogen) atoms. The van der Waals surface area contributed by atoms with Crippen LogP contribution in [0.5, 0.6) is 11.5 Å². The summed E-state index contributed by atoms with van der Waals surface area (Å²) in [7, 11) is 1.62. The molecule has 0 unspecified atom stereocenters. The monoisotopic (exact) mass is 299 g/mol. The topological polar surface area (TPSA) is 48.4 Å². The number of hydrogen-bond donors (Lipinski definition) is 0. The van der Waals surface area contributed by atoms with E-state index in [1.807, 2.05) is 38.1 Å². The highest BCUT2D eigenvalue weighted by Crippen LogP contribution is 2.29. The zero-order chi connectivity index (χ0) is 15.9. The molecule has 0 atom stereocenters. The number of benzene rings is 1. The fourth-order valence-corrected chi connectivity index (χ4v) is 2.13. The van der Waals surface area contributed by atoms with Crippen LogP contribution in [0.4, 0.5) is 0 Å². The zero-order valence-electron chi connectivity index (χ0n) is 13.2. The Hall–Kier alpha value is -2.36. The molecule has 1 aromatic carbocycles. The predicted molar refractivity (Wildman–Crippen MR) is 85.6 cm³/mol. The average Bonchev–Trinajstić information content (AvgIpc) is 2.54. The van der Waals surface area contributed by atoms with Gasteiger partial charge in [0.05, 0.1) is 13.2 Å². The summed E-state index contributed by atoms with van der Waals surface area (Å²) < 4.78 is 11.0. The molecule has 2 aromatic rings. The Morgan fingerprint density at radius 2 is 2.00 bits per heavy atom. The molecule has 1 aromatic heterocycles. The van der Waals surface area contributed by atoms with E-state index in [1.165, 1.54) is 0 Å². The van der Waals surface area contributed by atoms with Crippen LogP contribution in [-0.4, -0.2) is 24.0 Å². The van der Waals surface area contributed by atoms with Gasteiger partial charge in [0.25, 0.3) is 0 Å². The molecule has 0 bridgehead atoms. The van der Waals surface area contributed by atoms with Crippen molar-refractivity contribution in [3.05, 3.63) is 53.9 Å². The molecule has 0 aliphatic carbocycles. The smallest absolute Gasteiger partial charge is 0.181 e. The van der Waals surface area contributed by atoms with Crippen LogP contribution in [-0.2, 0) is 6.42 Å².